The van der Waals surface area contributed by atoms with Gasteiger partial charge in [0, 0.05) is 12.8 Å². The van der Waals surface area contributed by atoms with Gasteiger partial charge in [-0.3, -0.25) is 4.79 Å². The Morgan fingerprint density at radius 1 is 1.17 bits per heavy atom. The van der Waals surface area contributed by atoms with Gasteiger partial charge in [-0.05, 0) is 56.4 Å². The molecule has 0 saturated heterocycles. The van der Waals surface area contributed by atoms with Crippen molar-refractivity contribution < 1.29 is 14.3 Å². The van der Waals surface area contributed by atoms with Gasteiger partial charge in [0.25, 0.3) is 5.91 Å². The minimum absolute atomic E-state index is 0.0271. The molecule has 4 heteroatoms. The maximum Gasteiger partial charge on any atom is 0.256 e. The molecule has 1 aliphatic carbocycles. The summed E-state index contributed by atoms with van der Waals surface area (Å²) in [6, 6.07) is 3.95. The first-order valence-corrected chi connectivity index (χ1v) is 8.63. The average molecular weight is 319 g/mol. The van der Waals surface area contributed by atoms with Gasteiger partial charge < -0.3 is 14.8 Å². The zero-order valence-corrected chi connectivity index (χ0v) is 14.8. The highest BCUT2D eigenvalue weighted by Gasteiger charge is 2.39. The molecule has 1 aromatic carbocycles. The molecule has 0 spiro atoms. The summed E-state index contributed by atoms with van der Waals surface area (Å²) in [5.74, 6) is 0.893. The Morgan fingerprint density at radius 3 is 2.30 bits per heavy atom. The first-order valence-electron chi connectivity index (χ1n) is 8.63. The fourth-order valence-electron chi connectivity index (χ4n) is 3.35. The predicted molar refractivity (Wildman–Crippen MR) is 93.2 cm³/mol. The zero-order chi connectivity index (χ0) is 16.9. The summed E-state index contributed by atoms with van der Waals surface area (Å²) >= 11 is 0. The Kier molecular flexibility index (Phi) is 6.05. The summed E-state index contributed by atoms with van der Waals surface area (Å²) < 4.78 is 11.4. The van der Waals surface area contributed by atoms with E-state index in [-0.39, 0.29) is 5.91 Å². The molecule has 0 radical (unpaired) electrons. The molecule has 0 unspecified atom stereocenters. The normalized spacial score (nSPS) is 16.9. The van der Waals surface area contributed by atoms with E-state index in [9.17, 15) is 4.79 Å². The van der Waals surface area contributed by atoms with E-state index in [2.05, 4.69) is 12.2 Å². The average Bonchev–Trinajstić information content (AvgIpc) is 2.54. The molecule has 1 aliphatic rings. The van der Waals surface area contributed by atoms with Gasteiger partial charge in [-0.1, -0.05) is 26.2 Å². The van der Waals surface area contributed by atoms with Crippen LogP contribution in [0.1, 0.15) is 56.6 Å². The number of anilines is 1. The summed E-state index contributed by atoms with van der Waals surface area (Å²) in [6.45, 7) is 6.83. The van der Waals surface area contributed by atoms with Crippen molar-refractivity contribution in [2.45, 2.75) is 64.9 Å². The number of hydrogen-bond acceptors (Lipinski definition) is 3. The zero-order valence-electron chi connectivity index (χ0n) is 14.8. The maximum absolute atomic E-state index is 12.7. The maximum atomic E-state index is 12.7. The van der Waals surface area contributed by atoms with Crippen LogP contribution in [0.5, 0.6) is 5.75 Å². The van der Waals surface area contributed by atoms with Gasteiger partial charge in [0.05, 0.1) is 6.61 Å². The van der Waals surface area contributed by atoms with Crippen molar-refractivity contribution in [3.63, 3.8) is 0 Å². The molecule has 2 rings (SSSR count). The Hall–Kier alpha value is -1.55. The smallest absolute Gasteiger partial charge is 0.256 e. The second-order valence-corrected chi connectivity index (χ2v) is 6.50. The minimum atomic E-state index is -0.669. The molecule has 23 heavy (non-hydrogen) atoms. The third kappa shape index (κ3) is 4.05. The largest absolute Gasteiger partial charge is 0.493 e. The third-order valence-electron chi connectivity index (χ3n) is 4.63. The van der Waals surface area contributed by atoms with Gasteiger partial charge in [-0.25, -0.2) is 0 Å². The lowest BCUT2D eigenvalue weighted by Gasteiger charge is -2.34. The molecule has 0 heterocycles. The third-order valence-corrected chi connectivity index (χ3v) is 4.63. The van der Waals surface area contributed by atoms with Crippen LogP contribution in [0.2, 0.25) is 0 Å². The first kappa shape index (κ1) is 17.8. The van der Waals surface area contributed by atoms with Crippen molar-refractivity contribution in [3.05, 3.63) is 23.3 Å². The van der Waals surface area contributed by atoms with E-state index in [1.54, 1.807) is 7.11 Å². The van der Waals surface area contributed by atoms with Gasteiger partial charge in [-0.2, -0.15) is 0 Å². The SMILES string of the molecule is CCCOc1c(C)cc(NC(=O)C2(OC)CCCCC2)cc1C. The van der Waals surface area contributed by atoms with Crippen molar-refractivity contribution in [1.29, 1.82) is 0 Å². The molecule has 0 bridgehead atoms. The van der Waals surface area contributed by atoms with Crippen molar-refractivity contribution in [2.24, 2.45) is 0 Å². The summed E-state index contributed by atoms with van der Waals surface area (Å²) in [5, 5.41) is 3.05. The molecular formula is C19H29NO3. The van der Waals surface area contributed by atoms with Crippen LogP contribution in [-0.4, -0.2) is 25.2 Å². The second kappa shape index (κ2) is 7.82. The summed E-state index contributed by atoms with van der Waals surface area (Å²) in [7, 11) is 1.64. The molecule has 128 valence electrons. The van der Waals surface area contributed by atoms with E-state index in [0.29, 0.717) is 6.61 Å². The van der Waals surface area contributed by atoms with Crippen LogP contribution in [0.3, 0.4) is 0 Å². The van der Waals surface area contributed by atoms with Gasteiger partial charge in [0.15, 0.2) is 0 Å². The van der Waals surface area contributed by atoms with Gasteiger partial charge in [-0.15, -0.1) is 0 Å². The fourth-order valence-corrected chi connectivity index (χ4v) is 3.35. The van der Waals surface area contributed by atoms with Crippen LogP contribution in [0.25, 0.3) is 0 Å². The van der Waals surface area contributed by atoms with Gasteiger partial charge >= 0.3 is 0 Å². The standard InChI is InChI=1S/C19H29NO3/c1-5-11-23-17-14(2)12-16(13-15(17)3)20-18(21)19(22-4)9-7-6-8-10-19/h12-13H,5-11H2,1-4H3,(H,20,21). The van der Waals surface area contributed by atoms with E-state index in [4.69, 9.17) is 9.47 Å². The number of benzene rings is 1. The summed E-state index contributed by atoms with van der Waals surface area (Å²) in [5.41, 5.74) is 2.24. The number of carbonyl (C=O) groups is 1. The topological polar surface area (TPSA) is 47.6 Å². The van der Waals surface area contributed by atoms with E-state index >= 15 is 0 Å². The molecular weight excluding hydrogens is 290 g/mol. The van der Waals surface area contributed by atoms with Crippen molar-refractivity contribution in [1.82, 2.24) is 0 Å². The van der Waals surface area contributed by atoms with Crippen LogP contribution in [0, 0.1) is 13.8 Å². The minimum Gasteiger partial charge on any atom is -0.493 e. The first-order chi connectivity index (χ1) is 11.0. The van der Waals surface area contributed by atoms with Crippen molar-refractivity contribution in [3.8, 4) is 5.75 Å². The summed E-state index contributed by atoms with van der Waals surface area (Å²) in [4.78, 5) is 12.7. The van der Waals surface area contributed by atoms with E-state index in [1.807, 2.05) is 26.0 Å². The highest BCUT2D eigenvalue weighted by Crippen LogP contribution is 2.33. The molecule has 1 aromatic rings. The Bertz CT molecular complexity index is 525. The lowest BCUT2D eigenvalue weighted by atomic mass is 9.84. The van der Waals surface area contributed by atoms with Crippen LogP contribution < -0.4 is 10.1 Å². The number of nitrogens with one attached hydrogen (secondary N) is 1. The Morgan fingerprint density at radius 2 is 1.78 bits per heavy atom. The highest BCUT2D eigenvalue weighted by molar-refractivity contribution is 5.97. The van der Waals surface area contributed by atoms with E-state index in [0.717, 1.165) is 54.7 Å². The molecule has 0 atom stereocenters. The molecule has 0 aromatic heterocycles. The van der Waals surface area contributed by atoms with Crippen LogP contribution in [0.4, 0.5) is 5.69 Å². The Balaban J connectivity index is 2.14. The molecule has 0 aliphatic heterocycles. The predicted octanol–water partition coefficient (Wildman–Crippen LogP) is 4.38. The lowest BCUT2D eigenvalue weighted by molar-refractivity contribution is -0.141. The number of aryl methyl sites for hydroxylation is 2. The highest BCUT2D eigenvalue weighted by atomic mass is 16.5. The number of hydrogen-bond donors (Lipinski definition) is 1. The molecule has 1 N–H and O–H groups in total. The quantitative estimate of drug-likeness (QED) is 0.846. The molecule has 1 fully saturated rings. The van der Waals surface area contributed by atoms with E-state index in [1.165, 1.54) is 6.42 Å². The second-order valence-electron chi connectivity index (χ2n) is 6.50. The molecule has 1 amide bonds. The molecule has 4 nitrogen and oxygen atoms in total. The lowest BCUT2D eigenvalue weighted by Crippen LogP contribution is -2.46. The van der Waals surface area contributed by atoms with Gasteiger partial charge in [0.2, 0.25) is 0 Å². The number of ether oxygens (including phenoxy) is 2. The fraction of sp³-hybridized carbons (Fsp3) is 0.632. The Labute approximate surface area is 139 Å². The van der Waals surface area contributed by atoms with Crippen LogP contribution in [-0.2, 0) is 9.53 Å². The number of methoxy groups -OCH3 is 1. The molecule has 1 saturated carbocycles. The number of amides is 1. The van der Waals surface area contributed by atoms with Crippen molar-refractivity contribution in [2.75, 3.05) is 19.0 Å². The van der Waals surface area contributed by atoms with Crippen LogP contribution >= 0.6 is 0 Å². The van der Waals surface area contributed by atoms with Gasteiger partial charge in [0.1, 0.15) is 11.4 Å². The summed E-state index contributed by atoms with van der Waals surface area (Å²) in [6.07, 6.45) is 5.84. The number of rotatable bonds is 6. The monoisotopic (exact) mass is 319 g/mol. The van der Waals surface area contributed by atoms with Crippen molar-refractivity contribution >= 4 is 11.6 Å². The van der Waals surface area contributed by atoms with E-state index < -0.39 is 5.60 Å². The number of carbonyl (C=O) groups excluding carboxylic acids is 1. The van der Waals surface area contributed by atoms with Crippen LogP contribution in [0.15, 0.2) is 12.1 Å².